The van der Waals surface area contributed by atoms with E-state index in [9.17, 15) is 15.0 Å². The average molecular weight is 524 g/mol. The van der Waals surface area contributed by atoms with Gasteiger partial charge in [-0.15, -0.1) is 0 Å². The van der Waals surface area contributed by atoms with Gasteiger partial charge >= 0.3 is 5.97 Å². The highest BCUT2D eigenvalue weighted by Crippen LogP contribution is 2.28. The predicted molar refractivity (Wildman–Crippen MR) is 155 cm³/mol. The summed E-state index contributed by atoms with van der Waals surface area (Å²) in [7, 11) is 0. The molecule has 0 heterocycles. The number of nitrogens with one attached hydrogen (secondary N) is 1. The molecule has 0 bridgehead atoms. The Labute approximate surface area is 227 Å². The monoisotopic (exact) mass is 523 g/mol. The minimum absolute atomic E-state index is 0.222. The lowest BCUT2D eigenvalue weighted by Crippen LogP contribution is -2.35. The fourth-order valence-corrected chi connectivity index (χ4v) is 4.15. The minimum atomic E-state index is -0.745. The van der Waals surface area contributed by atoms with Crippen LogP contribution in [0.2, 0.25) is 0 Å². The zero-order chi connectivity index (χ0) is 27.7. The van der Waals surface area contributed by atoms with Crippen LogP contribution >= 0.6 is 0 Å². The van der Waals surface area contributed by atoms with Crippen molar-refractivity contribution in [2.24, 2.45) is 0 Å². The van der Waals surface area contributed by atoms with E-state index in [2.05, 4.69) is 38.2 Å². The van der Waals surface area contributed by atoms with E-state index in [0.29, 0.717) is 18.5 Å². The molecule has 6 nitrogen and oxygen atoms in total. The summed E-state index contributed by atoms with van der Waals surface area (Å²) in [5, 5.41) is 30.4. The molecule has 1 aromatic carbocycles. The van der Waals surface area contributed by atoms with E-state index >= 15 is 0 Å². The third kappa shape index (κ3) is 22.1. The normalized spacial score (nSPS) is 12.6. The van der Waals surface area contributed by atoms with E-state index in [0.717, 1.165) is 18.6 Å². The van der Waals surface area contributed by atoms with Crippen LogP contribution < -0.4 is 10.1 Å². The van der Waals surface area contributed by atoms with Gasteiger partial charge in [0.25, 0.3) is 0 Å². The first-order valence-corrected chi connectivity index (χ1v) is 14.8. The molecule has 0 saturated carbocycles. The Kier molecular flexibility index (Phi) is 23.6. The first-order chi connectivity index (χ1) is 17.8. The van der Waals surface area contributed by atoms with Gasteiger partial charge in [-0.3, -0.25) is 4.79 Å². The van der Waals surface area contributed by atoms with Gasteiger partial charge in [-0.05, 0) is 36.5 Å². The highest BCUT2D eigenvalue weighted by Gasteiger charge is 2.12. The Balaban J connectivity index is 0.00000235. The zero-order valence-corrected chi connectivity index (χ0v) is 24.2. The maximum Gasteiger partial charge on any atom is 0.303 e. The van der Waals surface area contributed by atoms with Crippen LogP contribution in [0, 0.1) is 0 Å². The van der Waals surface area contributed by atoms with E-state index < -0.39 is 12.1 Å². The van der Waals surface area contributed by atoms with Crippen LogP contribution in [0.5, 0.6) is 5.75 Å². The summed E-state index contributed by atoms with van der Waals surface area (Å²) in [6, 6.07) is 8.57. The molecule has 6 heteroatoms. The smallest absolute Gasteiger partial charge is 0.303 e. The molecule has 0 aliphatic heterocycles. The Hall–Kier alpha value is -1.63. The number of carbonyl (C=O) groups is 1. The van der Waals surface area contributed by atoms with Gasteiger partial charge in [0.15, 0.2) is 0 Å². The first kappa shape index (κ1) is 35.4. The van der Waals surface area contributed by atoms with E-state index in [1.807, 2.05) is 12.1 Å². The van der Waals surface area contributed by atoms with Gasteiger partial charge in [0.1, 0.15) is 18.5 Å². The molecule has 0 amide bonds. The van der Waals surface area contributed by atoms with Crippen LogP contribution in [0.15, 0.2) is 24.3 Å². The van der Waals surface area contributed by atoms with Gasteiger partial charge in [0.05, 0.1) is 0 Å². The van der Waals surface area contributed by atoms with E-state index in [4.69, 9.17) is 9.84 Å². The SMILES string of the molecule is CCC(=O)O.CCCCCCCCCCCCCC(CCO)c1ccc(OCC(O)CNC(C)C)cc1. The number of unbranched alkanes of at least 4 members (excludes halogenated alkanes) is 10. The number of aliphatic hydroxyl groups is 2. The Morgan fingerprint density at radius 2 is 1.38 bits per heavy atom. The Bertz CT molecular complexity index is 635. The number of hydrogen-bond acceptors (Lipinski definition) is 5. The van der Waals surface area contributed by atoms with Crippen molar-refractivity contribution >= 4 is 5.97 Å². The molecule has 2 unspecified atom stereocenters. The minimum Gasteiger partial charge on any atom is -0.491 e. The van der Waals surface area contributed by atoms with Gasteiger partial charge < -0.3 is 25.4 Å². The second kappa shape index (κ2) is 24.7. The third-order valence-electron chi connectivity index (χ3n) is 6.49. The molecule has 0 spiro atoms. The topological polar surface area (TPSA) is 99.0 Å². The molecule has 0 aliphatic carbocycles. The van der Waals surface area contributed by atoms with Gasteiger partial charge in [0.2, 0.25) is 0 Å². The summed E-state index contributed by atoms with van der Waals surface area (Å²) in [5.41, 5.74) is 1.28. The van der Waals surface area contributed by atoms with Gasteiger partial charge in [0, 0.05) is 25.6 Å². The molecule has 37 heavy (non-hydrogen) atoms. The van der Waals surface area contributed by atoms with Crippen LogP contribution in [0.3, 0.4) is 0 Å². The van der Waals surface area contributed by atoms with Crippen LogP contribution in [-0.2, 0) is 4.79 Å². The predicted octanol–water partition coefficient (Wildman–Crippen LogP) is 7.07. The van der Waals surface area contributed by atoms with E-state index in [1.54, 1.807) is 6.92 Å². The molecular weight excluding hydrogens is 466 g/mol. The Morgan fingerprint density at radius 1 is 0.865 bits per heavy atom. The summed E-state index contributed by atoms with van der Waals surface area (Å²) >= 11 is 0. The third-order valence-corrected chi connectivity index (χ3v) is 6.49. The summed E-state index contributed by atoms with van der Waals surface area (Å²) < 4.78 is 5.73. The van der Waals surface area contributed by atoms with Gasteiger partial charge in [-0.25, -0.2) is 0 Å². The highest BCUT2D eigenvalue weighted by atomic mass is 16.5. The van der Waals surface area contributed by atoms with Crippen molar-refractivity contribution in [1.82, 2.24) is 5.32 Å². The molecule has 1 rings (SSSR count). The lowest BCUT2D eigenvalue weighted by atomic mass is 9.90. The quantitative estimate of drug-likeness (QED) is 0.121. The van der Waals surface area contributed by atoms with Crippen LogP contribution in [-0.4, -0.2) is 53.2 Å². The number of benzene rings is 1. The molecule has 1 aromatic rings. The lowest BCUT2D eigenvalue weighted by molar-refractivity contribution is -0.136. The molecule has 4 N–H and O–H groups in total. The highest BCUT2D eigenvalue weighted by molar-refractivity contribution is 5.66. The first-order valence-electron chi connectivity index (χ1n) is 14.8. The molecular formula is C31H57NO5. The molecule has 2 atom stereocenters. The van der Waals surface area contributed by atoms with Crippen LogP contribution in [0.4, 0.5) is 0 Å². The summed E-state index contributed by atoms with van der Waals surface area (Å²) in [6.45, 7) is 9.05. The van der Waals surface area contributed by atoms with Gasteiger partial charge in [-0.2, -0.15) is 0 Å². The Morgan fingerprint density at radius 3 is 1.84 bits per heavy atom. The van der Waals surface area contributed by atoms with Crippen LogP contribution in [0.25, 0.3) is 0 Å². The number of aliphatic carboxylic acids is 1. The molecule has 0 aromatic heterocycles. The standard InChI is InChI=1S/C28H51NO3.C3H6O2/c1-4-5-6-7-8-9-10-11-12-13-14-15-25(20-21-30)26-16-18-28(19-17-26)32-23-27(31)22-29-24(2)3;1-2-3(4)5/h16-19,24-25,27,29-31H,4-15,20-23H2,1-3H3;2H2,1H3,(H,4,5). The number of carboxylic acids is 1. The largest absolute Gasteiger partial charge is 0.491 e. The average Bonchev–Trinajstić information content (AvgIpc) is 2.89. The number of ether oxygens (including phenoxy) is 1. The van der Waals surface area contributed by atoms with E-state index in [-0.39, 0.29) is 19.6 Å². The zero-order valence-electron chi connectivity index (χ0n) is 24.2. The van der Waals surface area contributed by atoms with Crippen molar-refractivity contribution in [3.8, 4) is 5.75 Å². The van der Waals surface area contributed by atoms with Crippen molar-refractivity contribution in [2.75, 3.05) is 19.8 Å². The summed E-state index contributed by atoms with van der Waals surface area (Å²) in [5.74, 6) is 0.452. The maximum atomic E-state index is 9.99. The van der Waals surface area contributed by atoms with Crippen LogP contribution in [0.1, 0.15) is 129 Å². The number of rotatable bonds is 22. The molecule has 0 radical (unpaired) electrons. The van der Waals surface area contributed by atoms with E-state index in [1.165, 1.54) is 76.2 Å². The lowest BCUT2D eigenvalue weighted by Gasteiger charge is -2.18. The molecule has 216 valence electrons. The maximum absolute atomic E-state index is 9.99. The van der Waals surface area contributed by atoms with Crippen molar-refractivity contribution in [3.63, 3.8) is 0 Å². The second-order valence-electron chi connectivity index (χ2n) is 10.4. The van der Waals surface area contributed by atoms with Crippen molar-refractivity contribution in [3.05, 3.63) is 29.8 Å². The van der Waals surface area contributed by atoms with Gasteiger partial charge in [-0.1, -0.05) is 110 Å². The number of carboxylic acid groups (broad SMARTS) is 1. The molecule has 0 aliphatic rings. The summed E-state index contributed by atoms with van der Waals surface area (Å²) in [6.07, 6.45) is 16.6. The van der Waals surface area contributed by atoms with Crippen molar-refractivity contribution < 1.29 is 24.9 Å². The van der Waals surface area contributed by atoms with Crippen molar-refractivity contribution in [2.45, 2.75) is 136 Å². The number of hydrogen-bond donors (Lipinski definition) is 4. The summed E-state index contributed by atoms with van der Waals surface area (Å²) in [4.78, 5) is 9.37. The number of aliphatic hydroxyl groups excluding tert-OH is 2. The molecule has 0 fully saturated rings. The second-order valence-corrected chi connectivity index (χ2v) is 10.4. The van der Waals surface area contributed by atoms with Crippen molar-refractivity contribution in [1.29, 1.82) is 0 Å². The fraction of sp³-hybridized carbons (Fsp3) is 0.774. The molecule has 0 saturated heterocycles. The fourth-order valence-electron chi connectivity index (χ4n) is 4.15.